The maximum atomic E-state index is 10.9. The van der Waals surface area contributed by atoms with E-state index in [9.17, 15) is 4.79 Å². The van der Waals surface area contributed by atoms with Gasteiger partial charge in [0.15, 0.2) is 0 Å². The van der Waals surface area contributed by atoms with Crippen molar-refractivity contribution in [2.24, 2.45) is 5.73 Å². The number of aromatic nitrogens is 4. The molecule has 0 fully saturated rings. The van der Waals surface area contributed by atoms with Gasteiger partial charge in [-0.25, -0.2) is 4.98 Å². The smallest absolute Gasteiger partial charge is 0.217 e. The summed E-state index contributed by atoms with van der Waals surface area (Å²) in [6, 6.07) is 6.17. The first kappa shape index (κ1) is 21.6. The number of methoxy groups -OCH3 is 1. The molecule has 8 heteroatoms. The van der Waals surface area contributed by atoms with Gasteiger partial charge in [0.2, 0.25) is 5.91 Å². The third-order valence-electron chi connectivity index (χ3n) is 5.18. The number of aryl methyl sites for hydroxylation is 1. The van der Waals surface area contributed by atoms with E-state index in [0.717, 1.165) is 48.0 Å². The number of rotatable bonds is 11. The fourth-order valence-corrected chi connectivity index (χ4v) is 3.47. The molecule has 0 aliphatic rings. The predicted molar refractivity (Wildman–Crippen MR) is 116 cm³/mol. The second-order valence-electron chi connectivity index (χ2n) is 7.14. The summed E-state index contributed by atoms with van der Waals surface area (Å²) >= 11 is 0. The average molecular weight is 411 g/mol. The van der Waals surface area contributed by atoms with Crippen molar-refractivity contribution in [3.63, 3.8) is 0 Å². The molecule has 0 atom stereocenters. The SMILES string of the molecule is CCN(CC)Cc1cc(-c2nccn2-c2cnn(CCCC(N)=O)c2)ccc1OC. The molecular formula is C22H30N6O2. The predicted octanol–water partition coefficient (Wildman–Crippen LogP) is 2.85. The molecule has 0 bridgehead atoms. The van der Waals surface area contributed by atoms with E-state index in [4.69, 9.17) is 10.5 Å². The van der Waals surface area contributed by atoms with Crippen LogP contribution in [0, 0.1) is 0 Å². The zero-order valence-electron chi connectivity index (χ0n) is 17.9. The van der Waals surface area contributed by atoms with Crippen LogP contribution in [0.5, 0.6) is 5.75 Å². The van der Waals surface area contributed by atoms with E-state index in [-0.39, 0.29) is 5.91 Å². The van der Waals surface area contributed by atoms with Gasteiger partial charge < -0.3 is 10.5 Å². The Bertz CT molecular complexity index is 974. The highest BCUT2D eigenvalue weighted by atomic mass is 16.5. The van der Waals surface area contributed by atoms with Crippen molar-refractivity contribution in [1.29, 1.82) is 0 Å². The third kappa shape index (κ3) is 5.07. The van der Waals surface area contributed by atoms with Crippen LogP contribution in [-0.4, -0.2) is 50.3 Å². The number of imidazole rings is 1. The van der Waals surface area contributed by atoms with E-state index in [1.165, 1.54) is 0 Å². The molecule has 3 rings (SSSR count). The van der Waals surface area contributed by atoms with Crippen molar-refractivity contribution in [3.8, 4) is 22.8 Å². The van der Waals surface area contributed by atoms with E-state index in [1.54, 1.807) is 19.5 Å². The molecule has 1 aromatic carbocycles. The number of carbonyl (C=O) groups is 1. The van der Waals surface area contributed by atoms with Crippen LogP contribution in [0.25, 0.3) is 17.1 Å². The van der Waals surface area contributed by atoms with E-state index in [1.807, 2.05) is 33.8 Å². The van der Waals surface area contributed by atoms with Gasteiger partial charge in [-0.05, 0) is 37.7 Å². The zero-order valence-corrected chi connectivity index (χ0v) is 17.9. The van der Waals surface area contributed by atoms with Gasteiger partial charge in [-0.1, -0.05) is 13.8 Å². The normalized spacial score (nSPS) is 11.2. The van der Waals surface area contributed by atoms with Crippen LogP contribution in [0.1, 0.15) is 32.3 Å². The summed E-state index contributed by atoms with van der Waals surface area (Å²) in [6.07, 6.45) is 8.48. The maximum absolute atomic E-state index is 10.9. The van der Waals surface area contributed by atoms with Crippen LogP contribution in [0.2, 0.25) is 0 Å². The molecule has 30 heavy (non-hydrogen) atoms. The summed E-state index contributed by atoms with van der Waals surface area (Å²) in [5.41, 5.74) is 8.28. The number of nitrogens with zero attached hydrogens (tertiary/aromatic N) is 5. The Morgan fingerprint density at radius 3 is 2.77 bits per heavy atom. The first-order valence-electron chi connectivity index (χ1n) is 10.3. The second kappa shape index (κ2) is 10.1. The lowest BCUT2D eigenvalue weighted by atomic mass is 10.1. The molecular weight excluding hydrogens is 380 g/mol. The number of amides is 1. The molecule has 0 radical (unpaired) electrons. The molecule has 0 aliphatic carbocycles. The topological polar surface area (TPSA) is 91.2 Å². The summed E-state index contributed by atoms with van der Waals surface area (Å²) in [6.45, 7) is 7.74. The highest BCUT2D eigenvalue weighted by Crippen LogP contribution is 2.28. The molecule has 0 aliphatic heterocycles. The summed E-state index contributed by atoms with van der Waals surface area (Å²) < 4.78 is 9.42. The van der Waals surface area contributed by atoms with Gasteiger partial charge in [0.1, 0.15) is 11.6 Å². The lowest BCUT2D eigenvalue weighted by Gasteiger charge is -2.20. The molecule has 0 saturated heterocycles. The maximum Gasteiger partial charge on any atom is 0.217 e. The van der Waals surface area contributed by atoms with E-state index in [2.05, 4.69) is 34.9 Å². The van der Waals surface area contributed by atoms with Gasteiger partial charge in [-0.3, -0.25) is 18.9 Å². The molecule has 160 valence electrons. The average Bonchev–Trinajstić information content (AvgIpc) is 3.41. The molecule has 2 heterocycles. The van der Waals surface area contributed by atoms with Gasteiger partial charge in [0, 0.05) is 49.2 Å². The Balaban J connectivity index is 1.86. The van der Waals surface area contributed by atoms with Crippen LogP contribution in [0.3, 0.4) is 0 Å². The lowest BCUT2D eigenvalue weighted by Crippen LogP contribution is -2.22. The fraction of sp³-hybridized carbons (Fsp3) is 0.409. The first-order chi connectivity index (χ1) is 14.5. The number of hydrogen-bond acceptors (Lipinski definition) is 5. The van der Waals surface area contributed by atoms with Crippen LogP contribution < -0.4 is 10.5 Å². The number of benzene rings is 1. The summed E-state index contributed by atoms with van der Waals surface area (Å²) in [5, 5.41) is 4.40. The van der Waals surface area contributed by atoms with Crippen molar-refractivity contribution in [2.45, 2.75) is 39.8 Å². The zero-order chi connectivity index (χ0) is 21.5. The standard InChI is InChI=1S/C22H30N6O2/c1-4-26(5-2)15-18-13-17(8-9-20(18)30-3)22-24-10-12-28(22)19-14-25-27(16-19)11-6-7-21(23)29/h8-10,12-14,16H,4-7,11,15H2,1-3H3,(H2,23,29). The summed E-state index contributed by atoms with van der Waals surface area (Å²) in [7, 11) is 1.70. The highest BCUT2D eigenvalue weighted by Gasteiger charge is 2.14. The number of ether oxygens (including phenoxy) is 1. The van der Waals surface area contributed by atoms with Gasteiger partial charge in [0.25, 0.3) is 0 Å². The van der Waals surface area contributed by atoms with Crippen molar-refractivity contribution in [3.05, 3.63) is 48.5 Å². The molecule has 2 aromatic heterocycles. The Labute approximate surface area is 177 Å². The van der Waals surface area contributed by atoms with Crippen LogP contribution >= 0.6 is 0 Å². The summed E-state index contributed by atoms with van der Waals surface area (Å²) in [4.78, 5) is 17.9. The third-order valence-corrected chi connectivity index (χ3v) is 5.18. The van der Waals surface area contributed by atoms with Gasteiger partial charge in [0.05, 0.1) is 19.0 Å². The minimum Gasteiger partial charge on any atom is -0.496 e. The first-order valence-corrected chi connectivity index (χ1v) is 10.3. The Hall–Kier alpha value is -3.13. The Morgan fingerprint density at radius 2 is 2.07 bits per heavy atom. The number of carbonyl (C=O) groups excluding carboxylic acids is 1. The minimum atomic E-state index is -0.292. The van der Waals surface area contributed by atoms with Crippen molar-refractivity contribution < 1.29 is 9.53 Å². The molecule has 1 amide bonds. The van der Waals surface area contributed by atoms with Gasteiger partial charge >= 0.3 is 0 Å². The van der Waals surface area contributed by atoms with E-state index < -0.39 is 0 Å². The molecule has 0 spiro atoms. The van der Waals surface area contributed by atoms with Crippen molar-refractivity contribution >= 4 is 5.91 Å². The Morgan fingerprint density at radius 1 is 1.27 bits per heavy atom. The molecule has 8 nitrogen and oxygen atoms in total. The number of primary amides is 1. The van der Waals surface area contributed by atoms with Gasteiger partial charge in [-0.2, -0.15) is 5.10 Å². The van der Waals surface area contributed by atoms with Crippen LogP contribution in [0.4, 0.5) is 0 Å². The van der Waals surface area contributed by atoms with Crippen LogP contribution in [-0.2, 0) is 17.9 Å². The fourth-order valence-electron chi connectivity index (χ4n) is 3.47. The second-order valence-corrected chi connectivity index (χ2v) is 7.14. The summed E-state index contributed by atoms with van der Waals surface area (Å²) in [5.74, 6) is 1.43. The molecule has 2 N–H and O–H groups in total. The molecule has 0 unspecified atom stereocenters. The minimum absolute atomic E-state index is 0.292. The highest BCUT2D eigenvalue weighted by molar-refractivity contribution is 5.73. The van der Waals surface area contributed by atoms with E-state index >= 15 is 0 Å². The largest absolute Gasteiger partial charge is 0.496 e. The van der Waals surface area contributed by atoms with Crippen LogP contribution in [0.15, 0.2) is 43.0 Å². The number of nitrogens with two attached hydrogens (primary N) is 1. The lowest BCUT2D eigenvalue weighted by molar-refractivity contribution is -0.118. The number of hydrogen-bond donors (Lipinski definition) is 1. The molecule has 3 aromatic rings. The Kier molecular flexibility index (Phi) is 7.24. The molecule has 0 saturated carbocycles. The monoisotopic (exact) mass is 410 g/mol. The van der Waals surface area contributed by atoms with Crippen molar-refractivity contribution in [2.75, 3.05) is 20.2 Å². The van der Waals surface area contributed by atoms with Gasteiger partial charge in [-0.15, -0.1) is 0 Å². The van der Waals surface area contributed by atoms with E-state index in [0.29, 0.717) is 19.4 Å². The van der Waals surface area contributed by atoms with Crippen molar-refractivity contribution in [1.82, 2.24) is 24.2 Å². The quantitative estimate of drug-likeness (QED) is 0.525.